The number of phenols is 1. The molecule has 0 fully saturated rings. The lowest BCUT2D eigenvalue weighted by Gasteiger charge is -2.12. The number of methoxy groups -OCH3 is 1. The summed E-state index contributed by atoms with van der Waals surface area (Å²) in [6.07, 6.45) is -1.27. The molecule has 0 amide bonds. The number of rotatable bonds is 3. The standard InChI is InChI=1S/C10H11FO6S/c1-17-10(14)8(13)5-3-4-6(12)9(7(5)11)18(2,15)16/h3-4,8,12-13H,1-2H3. The maximum Gasteiger partial charge on any atom is 0.339 e. The van der Waals surface area contributed by atoms with Crippen LogP contribution >= 0.6 is 0 Å². The number of aromatic hydroxyl groups is 1. The fourth-order valence-corrected chi connectivity index (χ4v) is 2.25. The molecule has 0 aliphatic heterocycles. The molecular formula is C10H11FO6S. The van der Waals surface area contributed by atoms with Gasteiger partial charge >= 0.3 is 5.97 Å². The molecule has 100 valence electrons. The van der Waals surface area contributed by atoms with Crippen LogP contribution in [-0.4, -0.2) is 38.0 Å². The lowest BCUT2D eigenvalue weighted by atomic mass is 10.1. The summed E-state index contributed by atoms with van der Waals surface area (Å²) in [6, 6.07) is 1.78. The van der Waals surface area contributed by atoms with Crippen LogP contribution in [0, 0.1) is 5.82 Å². The van der Waals surface area contributed by atoms with Crippen LogP contribution in [-0.2, 0) is 19.4 Å². The zero-order valence-electron chi connectivity index (χ0n) is 9.55. The topological polar surface area (TPSA) is 101 Å². The fraction of sp³-hybridized carbons (Fsp3) is 0.300. The van der Waals surface area contributed by atoms with E-state index in [9.17, 15) is 27.8 Å². The van der Waals surface area contributed by atoms with Crippen LogP contribution in [0.15, 0.2) is 17.0 Å². The Morgan fingerprint density at radius 2 is 2.00 bits per heavy atom. The number of carbonyl (C=O) groups excluding carboxylic acids is 1. The summed E-state index contributed by atoms with van der Waals surface area (Å²) < 4.78 is 40.7. The quantitative estimate of drug-likeness (QED) is 0.763. The molecule has 0 aliphatic carbocycles. The Bertz CT molecular complexity index is 580. The van der Waals surface area contributed by atoms with Crippen molar-refractivity contribution >= 4 is 15.8 Å². The Hall–Kier alpha value is -1.67. The lowest BCUT2D eigenvalue weighted by Crippen LogP contribution is -2.16. The van der Waals surface area contributed by atoms with E-state index < -0.39 is 43.9 Å². The van der Waals surface area contributed by atoms with Gasteiger partial charge in [-0.25, -0.2) is 17.6 Å². The molecule has 0 aliphatic rings. The van der Waals surface area contributed by atoms with Gasteiger partial charge in [0.15, 0.2) is 21.8 Å². The number of benzene rings is 1. The van der Waals surface area contributed by atoms with E-state index in [2.05, 4.69) is 4.74 Å². The van der Waals surface area contributed by atoms with E-state index in [1.54, 1.807) is 0 Å². The molecule has 0 spiro atoms. The lowest BCUT2D eigenvalue weighted by molar-refractivity contribution is -0.150. The molecule has 0 radical (unpaired) electrons. The SMILES string of the molecule is COC(=O)C(O)c1ccc(O)c(S(C)(=O)=O)c1F. The normalized spacial score (nSPS) is 13.1. The highest BCUT2D eigenvalue weighted by molar-refractivity contribution is 7.90. The van der Waals surface area contributed by atoms with E-state index in [0.717, 1.165) is 19.2 Å². The third-order valence-electron chi connectivity index (χ3n) is 2.20. The Kier molecular flexibility index (Phi) is 3.92. The van der Waals surface area contributed by atoms with Gasteiger partial charge in [0.05, 0.1) is 7.11 Å². The second-order valence-corrected chi connectivity index (χ2v) is 5.47. The van der Waals surface area contributed by atoms with Crippen molar-refractivity contribution in [2.24, 2.45) is 0 Å². The highest BCUT2D eigenvalue weighted by Crippen LogP contribution is 2.31. The molecule has 0 heterocycles. The van der Waals surface area contributed by atoms with Crippen molar-refractivity contribution in [2.75, 3.05) is 13.4 Å². The first kappa shape index (κ1) is 14.4. The first-order chi connectivity index (χ1) is 8.20. The van der Waals surface area contributed by atoms with Crippen LogP contribution in [0.5, 0.6) is 5.75 Å². The molecule has 8 heteroatoms. The zero-order valence-corrected chi connectivity index (χ0v) is 10.4. The summed E-state index contributed by atoms with van der Waals surface area (Å²) in [5.74, 6) is -3.31. The van der Waals surface area contributed by atoms with Gasteiger partial charge < -0.3 is 14.9 Å². The molecule has 1 aromatic rings. The van der Waals surface area contributed by atoms with Crippen molar-refractivity contribution in [3.05, 3.63) is 23.5 Å². The van der Waals surface area contributed by atoms with Gasteiger partial charge in [-0.15, -0.1) is 0 Å². The third-order valence-corrected chi connectivity index (χ3v) is 3.33. The Labute approximate surface area is 103 Å². The largest absolute Gasteiger partial charge is 0.506 e. The van der Waals surface area contributed by atoms with Crippen molar-refractivity contribution in [3.63, 3.8) is 0 Å². The van der Waals surface area contributed by atoms with E-state index >= 15 is 0 Å². The molecule has 0 saturated heterocycles. The number of halogens is 1. The maximum absolute atomic E-state index is 13.9. The predicted molar refractivity (Wildman–Crippen MR) is 58.2 cm³/mol. The second kappa shape index (κ2) is 4.91. The second-order valence-electron chi connectivity index (χ2n) is 3.51. The summed E-state index contributed by atoms with van der Waals surface area (Å²) in [6.45, 7) is 0. The molecule has 0 aromatic heterocycles. The van der Waals surface area contributed by atoms with Crippen LogP contribution in [0.4, 0.5) is 4.39 Å². The van der Waals surface area contributed by atoms with E-state index in [1.807, 2.05) is 0 Å². The highest BCUT2D eigenvalue weighted by Gasteiger charge is 2.28. The minimum atomic E-state index is -4.04. The first-order valence-electron chi connectivity index (χ1n) is 4.67. The number of hydrogen-bond donors (Lipinski definition) is 2. The maximum atomic E-state index is 13.9. The van der Waals surface area contributed by atoms with Gasteiger partial charge in [0.25, 0.3) is 0 Å². The smallest absolute Gasteiger partial charge is 0.339 e. The number of sulfone groups is 1. The van der Waals surface area contributed by atoms with Gasteiger partial charge in [-0.3, -0.25) is 0 Å². The predicted octanol–water partition coefficient (Wildman–Crippen LogP) is 0.141. The van der Waals surface area contributed by atoms with E-state index in [1.165, 1.54) is 0 Å². The van der Waals surface area contributed by atoms with E-state index in [4.69, 9.17) is 0 Å². The van der Waals surface area contributed by atoms with E-state index in [0.29, 0.717) is 6.26 Å². The van der Waals surface area contributed by atoms with Gasteiger partial charge in [-0.05, 0) is 12.1 Å². The van der Waals surface area contributed by atoms with Crippen LogP contribution in [0.3, 0.4) is 0 Å². The minimum absolute atomic E-state index is 0.583. The van der Waals surface area contributed by atoms with Gasteiger partial charge in [-0.2, -0.15) is 0 Å². The van der Waals surface area contributed by atoms with Crippen LogP contribution in [0.2, 0.25) is 0 Å². The van der Waals surface area contributed by atoms with Gasteiger partial charge in [0.1, 0.15) is 10.6 Å². The van der Waals surface area contributed by atoms with Crippen molar-refractivity contribution in [1.82, 2.24) is 0 Å². The molecular weight excluding hydrogens is 267 g/mol. The number of phenolic OH excluding ortho intramolecular Hbond substituents is 1. The van der Waals surface area contributed by atoms with Gasteiger partial charge in [0.2, 0.25) is 0 Å². The molecule has 1 aromatic carbocycles. The average molecular weight is 278 g/mol. The minimum Gasteiger partial charge on any atom is -0.506 e. The first-order valence-corrected chi connectivity index (χ1v) is 6.56. The highest BCUT2D eigenvalue weighted by atomic mass is 32.2. The monoisotopic (exact) mass is 278 g/mol. The van der Waals surface area contributed by atoms with Crippen molar-refractivity contribution in [3.8, 4) is 5.75 Å². The number of ether oxygens (including phenoxy) is 1. The molecule has 18 heavy (non-hydrogen) atoms. The molecule has 0 bridgehead atoms. The number of esters is 1. The van der Waals surface area contributed by atoms with Gasteiger partial charge in [0, 0.05) is 11.8 Å². The molecule has 0 saturated carbocycles. The van der Waals surface area contributed by atoms with Crippen LogP contribution in [0.1, 0.15) is 11.7 Å². The summed E-state index contributed by atoms with van der Waals surface area (Å²) in [4.78, 5) is 10.1. The number of aliphatic hydroxyl groups excluding tert-OH is 1. The fourth-order valence-electron chi connectivity index (χ4n) is 1.36. The summed E-state index contributed by atoms with van der Waals surface area (Å²) in [5, 5.41) is 18.8. The van der Waals surface area contributed by atoms with Crippen molar-refractivity contribution in [1.29, 1.82) is 0 Å². The Morgan fingerprint density at radius 3 is 2.44 bits per heavy atom. The van der Waals surface area contributed by atoms with E-state index in [-0.39, 0.29) is 0 Å². The number of hydrogen-bond acceptors (Lipinski definition) is 6. The third kappa shape index (κ3) is 2.59. The van der Waals surface area contributed by atoms with Crippen LogP contribution < -0.4 is 0 Å². The summed E-state index contributed by atoms with van der Waals surface area (Å²) in [7, 11) is -3.05. The van der Waals surface area contributed by atoms with Crippen LogP contribution in [0.25, 0.3) is 0 Å². The zero-order chi connectivity index (χ0) is 14.1. The molecule has 1 rings (SSSR count). The molecule has 6 nitrogen and oxygen atoms in total. The van der Waals surface area contributed by atoms with Crippen molar-refractivity contribution < 1.29 is 32.6 Å². The number of aliphatic hydroxyl groups is 1. The number of carbonyl (C=O) groups is 1. The van der Waals surface area contributed by atoms with Gasteiger partial charge in [-0.1, -0.05) is 0 Å². The Balaban J connectivity index is 3.48. The Morgan fingerprint density at radius 1 is 1.44 bits per heavy atom. The summed E-state index contributed by atoms with van der Waals surface area (Å²) in [5.41, 5.74) is -0.583. The summed E-state index contributed by atoms with van der Waals surface area (Å²) >= 11 is 0. The molecule has 2 N–H and O–H groups in total. The molecule has 1 unspecified atom stereocenters. The van der Waals surface area contributed by atoms with Crippen molar-refractivity contribution in [2.45, 2.75) is 11.0 Å². The molecule has 1 atom stereocenters. The average Bonchev–Trinajstić information content (AvgIpc) is 2.25.